The average molecular weight is 234 g/mol. The number of rotatable bonds is 4. The van der Waals surface area contributed by atoms with Crippen LogP contribution in [0.25, 0.3) is 0 Å². The summed E-state index contributed by atoms with van der Waals surface area (Å²) in [4.78, 5) is 0.919. The average Bonchev–Trinajstić information content (AvgIpc) is 2.52. The van der Waals surface area contributed by atoms with E-state index in [4.69, 9.17) is 11.6 Å². The minimum absolute atomic E-state index is 0.0738. The van der Waals surface area contributed by atoms with E-state index in [0.29, 0.717) is 5.92 Å². The predicted molar refractivity (Wildman–Crippen MR) is 62.0 cm³/mol. The third-order valence-corrected chi connectivity index (χ3v) is 3.58. The van der Waals surface area contributed by atoms with E-state index in [1.165, 1.54) is 11.3 Å². The van der Waals surface area contributed by atoms with Crippen LogP contribution in [0.5, 0.6) is 0 Å². The first-order valence-corrected chi connectivity index (χ1v) is 5.86. The SMILES string of the molecule is CNC(C(C)C)C(O)c1ccc(Cl)s1. The summed E-state index contributed by atoms with van der Waals surface area (Å²) in [7, 11) is 1.86. The zero-order valence-electron chi connectivity index (χ0n) is 8.62. The lowest BCUT2D eigenvalue weighted by Crippen LogP contribution is -2.36. The molecule has 0 aliphatic rings. The summed E-state index contributed by atoms with van der Waals surface area (Å²) < 4.78 is 0.720. The lowest BCUT2D eigenvalue weighted by atomic mass is 9.98. The van der Waals surface area contributed by atoms with Crippen molar-refractivity contribution < 1.29 is 5.11 Å². The van der Waals surface area contributed by atoms with Gasteiger partial charge in [0.2, 0.25) is 0 Å². The van der Waals surface area contributed by atoms with E-state index in [-0.39, 0.29) is 6.04 Å². The number of nitrogens with one attached hydrogen (secondary N) is 1. The van der Waals surface area contributed by atoms with E-state index in [1.807, 2.05) is 19.2 Å². The van der Waals surface area contributed by atoms with Crippen molar-refractivity contribution in [2.24, 2.45) is 5.92 Å². The van der Waals surface area contributed by atoms with Crippen LogP contribution in [-0.4, -0.2) is 18.2 Å². The van der Waals surface area contributed by atoms with Gasteiger partial charge in [-0.3, -0.25) is 0 Å². The van der Waals surface area contributed by atoms with E-state index in [0.717, 1.165) is 9.21 Å². The van der Waals surface area contributed by atoms with Crippen LogP contribution in [0, 0.1) is 5.92 Å². The molecule has 2 unspecified atom stereocenters. The second kappa shape index (κ2) is 5.12. The van der Waals surface area contributed by atoms with Gasteiger partial charge in [0.25, 0.3) is 0 Å². The van der Waals surface area contributed by atoms with Crippen molar-refractivity contribution in [1.29, 1.82) is 0 Å². The van der Waals surface area contributed by atoms with Gasteiger partial charge in [0.1, 0.15) is 6.10 Å². The molecule has 2 N–H and O–H groups in total. The van der Waals surface area contributed by atoms with Gasteiger partial charge >= 0.3 is 0 Å². The minimum atomic E-state index is -0.475. The summed E-state index contributed by atoms with van der Waals surface area (Å²) in [5.74, 6) is 0.385. The van der Waals surface area contributed by atoms with Crippen molar-refractivity contribution in [3.05, 3.63) is 21.3 Å². The fourth-order valence-electron chi connectivity index (χ4n) is 1.52. The van der Waals surface area contributed by atoms with Crippen LogP contribution in [0.4, 0.5) is 0 Å². The molecule has 1 rings (SSSR count). The van der Waals surface area contributed by atoms with Crippen LogP contribution >= 0.6 is 22.9 Å². The molecule has 0 aromatic carbocycles. The second-order valence-corrected chi connectivity index (χ2v) is 5.39. The van der Waals surface area contributed by atoms with Crippen molar-refractivity contribution in [2.45, 2.75) is 26.0 Å². The zero-order chi connectivity index (χ0) is 10.7. The molecule has 80 valence electrons. The molecule has 0 bridgehead atoms. The second-order valence-electron chi connectivity index (χ2n) is 3.65. The summed E-state index contributed by atoms with van der Waals surface area (Å²) in [6.45, 7) is 4.17. The number of hydrogen-bond acceptors (Lipinski definition) is 3. The van der Waals surface area contributed by atoms with Crippen LogP contribution in [-0.2, 0) is 0 Å². The highest BCUT2D eigenvalue weighted by Crippen LogP contribution is 2.30. The first kappa shape index (κ1) is 12.0. The van der Waals surface area contributed by atoms with Crippen LogP contribution in [0.3, 0.4) is 0 Å². The van der Waals surface area contributed by atoms with Crippen molar-refractivity contribution >= 4 is 22.9 Å². The van der Waals surface area contributed by atoms with Crippen LogP contribution < -0.4 is 5.32 Å². The Labute approximate surface area is 93.9 Å². The van der Waals surface area contributed by atoms with E-state index in [1.54, 1.807) is 0 Å². The van der Waals surface area contributed by atoms with Crippen molar-refractivity contribution in [2.75, 3.05) is 7.05 Å². The molecule has 4 heteroatoms. The summed E-state index contributed by atoms with van der Waals surface area (Å²) in [6, 6.07) is 3.77. The Morgan fingerprint density at radius 3 is 2.43 bits per heavy atom. The molecule has 14 heavy (non-hydrogen) atoms. The Bertz CT molecular complexity index is 287. The Morgan fingerprint density at radius 1 is 1.43 bits per heavy atom. The third-order valence-electron chi connectivity index (χ3n) is 2.28. The molecule has 2 nitrogen and oxygen atoms in total. The highest BCUT2D eigenvalue weighted by Gasteiger charge is 2.23. The summed E-state index contributed by atoms with van der Waals surface area (Å²) >= 11 is 7.25. The van der Waals surface area contributed by atoms with E-state index >= 15 is 0 Å². The molecule has 2 atom stereocenters. The van der Waals surface area contributed by atoms with Gasteiger partial charge in [-0.2, -0.15) is 0 Å². The van der Waals surface area contributed by atoms with Crippen LogP contribution in [0.15, 0.2) is 12.1 Å². The molecule has 0 fully saturated rings. The molecule has 1 aromatic rings. The van der Waals surface area contributed by atoms with Gasteiger partial charge in [0.15, 0.2) is 0 Å². The fourth-order valence-corrected chi connectivity index (χ4v) is 2.61. The Morgan fingerprint density at radius 2 is 2.07 bits per heavy atom. The van der Waals surface area contributed by atoms with Gasteiger partial charge in [-0.25, -0.2) is 0 Å². The zero-order valence-corrected chi connectivity index (χ0v) is 10.2. The molecular formula is C10H16ClNOS. The molecule has 0 spiro atoms. The molecule has 0 saturated carbocycles. The lowest BCUT2D eigenvalue weighted by molar-refractivity contribution is 0.113. The Hall–Kier alpha value is -0.0900. The highest BCUT2D eigenvalue weighted by atomic mass is 35.5. The maximum atomic E-state index is 10.1. The number of halogens is 1. The summed E-state index contributed by atoms with van der Waals surface area (Å²) in [6.07, 6.45) is -0.475. The van der Waals surface area contributed by atoms with Gasteiger partial charge < -0.3 is 10.4 Å². The molecule has 0 amide bonds. The number of aliphatic hydroxyl groups excluding tert-OH is 1. The summed E-state index contributed by atoms with van der Waals surface area (Å²) in [5, 5.41) is 13.2. The van der Waals surface area contributed by atoms with Crippen molar-refractivity contribution in [1.82, 2.24) is 5.32 Å². The van der Waals surface area contributed by atoms with Gasteiger partial charge in [0.05, 0.1) is 4.34 Å². The quantitative estimate of drug-likeness (QED) is 0.838. The van der Waals surface area contributed by atoms with Gasteiger partial charge in [-0.05, 0) is 25.1 Å². The molecule has 0 saturated heterocycles. The maximum Gasteiger partial charge on any atom is 0.104 e. The number of thiophene rings is 1. The predicted octanol–water partition coefficient (Wildman–Crippen LogP) is 2.68. The standard InChI is InChI=1S/C10H16ClNOS/c1-6(2)9(12-3)10(13)7-4-5-8(11)14-7/h4-6,9-10,12-13H,1-3H3. The fraction of sp³-hybridized carbons (Fsp3) is 0.600. The first-order valence-electron chi connectivity index (χ1n) is 4.66. The molecule has 0 radical (unpaired) electrons. The topological polar surface area (TPSA) is 32.3 Å². The van der Waals surface area contributed by atoms with Gasteiger partial charge in [-0.15, -0.1) is 11.3 Å². The van der Waals surface area contributed by atoms with Crippen molar-refractivity contribution in [3.63, 3.8) is 0 Å². The van der Waals surface area contributed by atoms with Crippen LogP contribution in [0.1, 0.15) is 24.8 Å². The van der Waals surface area contributed by atoms with Crippen LogP contribution in [0.2, 0.25) is 4.34 Å². The normalized spacial score (nSPS) is 15.9. The van der Waals surface area contributed by atoms with E-state index < -0.39 is 6.10 Å². The highest BCUT2D eigenvalue weighted by molar-refractivity contribution is 7.16. The molecule has 1 aromatic heterocycles. The monoisotopic (exact) mass is 233 g/mol. The number of aliphatic hydroxyl groups is 1. The molecule has 1 heterocycles. The Kier molecular flexibility index (Phi) is 4.38. The van der Waals surface area contributed by atoms with E-state index in [2.05, 4.69) is 19.2 Å². The van der Waals surface area contributed by atoms with E-state index in [9.17, 15) is 5.11 Å². The molecular weight excluding hydrogens is 218 g/mol. The molecule has 0 aliphatic carbocycles. The lowest BCUT2D eigenvalue weighted by Gasteiger charge is -2.25. The minimum Gasteiger partial charge on any atom is -0.386 e. The van der Waals surface area contributed by atoms with Crippen molar-refractivity contribution in [3.8, 4) is 0 Å². The largest absolute Gasteiger partial charge is 0.386 e. The number of hydrogen-bond donors (Lipinski definition) is 2. The Balaban J connectivity index is 2.77. The number of likely N-dealkylation sites (N-methyl/N-ethyl adjacent to an activating group) is 1. The smallest absolute Gasteiger partial charge is 0.104 e. The van der Waals surface area contributed by atoms with Gasteiger partial charge in [0, 0.05) is 10.9 Å². The molecule has 0 aliphatic heterocycles. The maximum absolute atomic E-state index is 10.1. The first-order chi connectivity index (χ1) is 6.56. The summed E-state index contributed by atoms with van der Waals surface area (Å²) in [5.41, 5.74) is 0. The third kappa shape index (κ3) is 2.70. The van der Waals surface area contributed by atoms with Gasteiger partial charge in [-0.1, -0.05) is 25.4 Å².